The van der Waals surface area contributed by atoms with Gasteiger partial charge in [0.05, 0.1) is 19.3 Å². The number of nitrogens with zero attached hydrogens (tertiary/aromatic N) is 1. The average molecular weight is 306 g/mol. The highest BCUT2D eigenvalue weighted by molar-refractivity contribution is 5.85. The van der Waals surface area contributed by atoms with Crippen LogP contribution in [-0.2, 0) is 4.79 Å². The number of ether oxygens (including phenoxy) is 2. The molecule has 2 rings (SSSR count). The van der Waals surface area contributed by atoms with Crippen LogP contribution in [-0.4, -0.2) is 43.2 Å². The number of rotatable bonds is 5. The van der Waals surface area contributed by atoms with E-state index < -0.39 is 5.54 Å². The van der Waals surface area contributed by atoms with Crippen molar-refractivity contribution in [3.63, 3.8) is 0 Å². The fraction of sp³-hybridized carbons (Fsp3) is 0.588. The fourth-order valence-corrected chi connectivity index (χ4v) is 2.68. The second-order valence-electron chi connectivity index (χ2n) is 6.47. The third-order valence-corrected chi connectivity index (χ3v) is 3.90. The van der Waals surface area contributed by atoms with Crippen LogP contribution in [0.3, 0.4) is 0 Å². The highest BCUT2D eigenvalue weighted by atomic mass is 16.5. The number of amides is 1. The van der Waals surface area contributed by atoms with Gasteiger partial charge in [-0.1, -0.05) is 0 Å². The first-order chi connectivity index (χ1) is 10.4. The molecule has 1 atom stereocenters. The summed E-state index contributed by atoms with van der Waals surface area (Å²) in [4.78, 5) is 14.1. The summed E-state index contributed by atoms with van der Waals surface area (Å²) < 4.78 is 11.0. The lowest BCUT2D eigenvalue weighted by Crippen LogP contribution is -2.54. The third kappa shape index (κ3) is 4.37. The number of likely N-dealkylation sites (tertiary alicyclic amines) is 1. The van der Waals surface area contributed by atoms with Gasteiger partial charge < -0.3 is 20.1 Å². The molecule has 0 saturated carbocycles. The van der Waals surface area contributed by atoms with Gasteiger partial charge in [0.25, 0.3) is 0 Å². The van der Waals surface area contributed by atoms with Gasteiger partial charge in [-0.15, -0.1) is 0 Å². The predicted octanol–water partition coefficient (Wildman–Crippen LogP) is 2.05. The van der Waals surface area contributed by atoms with Crippen molar-refractivity contribution in [3.05, 3.63) is 24.3 Å². The van der Waals surface area contributed by atoms with Crippen LogP contribution < -0.4 is 15.2 Å². The maximum absolute atomic E-state index is 12.3. The van der Waals surface area contributed by atoms with Crippen LogP contribution in [0.2, 0.25) is 0 Å². The molecule has 1 aromatic carbocycles. The van der Waals surface area contributed by atoms with Crippen LogP contribution in [0.4, 0.5) is 0 Å². The summed E-state index contributed by atoms with van der Waals surface area (Å²) >= 11 is 0. The Morgan fingerprint density at radius 2 is 1.95 bits per heavy atom. The normalized spacial score (nSPS) is 18.9. The summed E-state index contributed by atoms with van der Waals surface area (Å²) in [6.07, 6.45) is 2.07. The van der Waals surface area contributed by atoms with Crippen molar-refractivity contribution < 1.29 is 14.3 Å². The minimum atomic E-state index is -0.807. The number of hydrogen-bond donors (Lipinski definition) is 1. The van der Waals surface area contributed by atoms with Crippen LogP contribution in [0.5, 0.6) is 11.5 Å². The molecule has 0 unspecified atom stereocenters. The quantitative estimate of drug-likeness (QED) is 0.904. The van der Waals surface area contributed by atoms with E-state index in [0.29, 0.717) is 12.5 Å². The van der Waals surface area contributed by atoms with Gasteiger partial charge in [0, 0.05) is 19.0 Å². The third-order valence-electron chi connectivity index (χ3n) is 3.90. The largest absolute Gasteiger partial charge is 0.497 e. The van der Waals surface area contributed by atoms with Crippen LogP contribution in [0.1, 0.15) is 26.7 Å². The number of methoxy groups -OCH3 is 1. The van der Waals surface area contributed by atoms with Gasteiger partial charge >= 0.3 is 0 Å². The van der Waals surface area contributed by atoms with Crippen molar-refractivity contribution in [1.82, 2.24) is 4.90 Å². The van der Waals surface area contributed by atoms with Crippen molar-refractivity contribution in [2.24, 2.45) is 11.7 Å². The summed E-state index contributed by atoms with van der Waals surface area (Å²) in [5.74, 6) is 2.00. The zero-order valence-corrected chi connectivity index (χ0v) is 13.7. The highest BCUT2D eigenvalue weighted by Gasteiger charge is 2.31. The maximum Gasteiger partial charge on any atom is 0.242 e. The molecule has 1 aromatic rings. The lowest BCUT2D eigenvalue weighted by atomic mass is 9.96. The zero-order valence-electron chi connectivity index (χ0n) is 13.7. The lowest BCUT2D eigenvalue weighted by Gasteiger charge is -2.36. The van der Waals surface area contributed by atoms with Crippen molar-refractivity contribution >= 4 is 5.91 Å². The molecular weight excluding hydrogens is 280 g/mol. The first kappa shape index (κ1) is 16.6. The number of benzene rings is 1. The fourth-order valence-electron chi connectivity index (χ4n) is 2.68. The Labute approximate surface area is 132 Å². The van der Waals surface area contributed by atoms with Gasteiger partial charge in [-0.05, 0) is 51.0 Å². The van der Waals surface area contributed by atoms with Crippen molar-refractivity contribution in [1.29, 1.82) is 0 Å². The van der Waals surface area contributed by atoms with Crippen LogP contribution in [0, 0.1) is 5.92 Å². The monoisotopic (exact) mass is 306 g/mol. The van der Waals surface area contributed by atoms with Crippen LogP contribution in [0.15, 0.2) is 24.3 Å². The summed E-state index contributed by atoms with van der Waals surface area (Å²) in [5, 5.41) is 0. The Hall–Kier alpha value is -1.75. The summed E-state index contributed by atoms with van der Waals surface area (Å²) in [5.41, 5.74) is 5.11. The molecule has 1 saturated heterocycles. The summed E-state index contributed by atoms with van der Waals surface area (Å²) in [6, 6.07) is 7.55. The van der Waals surface area contributed by atoms with E-state index in [-0.39, 0.29) is 5.91 Å². The van der Waals surface area contributed by atoms with E-state index in [9.17, 15) is 4.79 Å². The molecule has 0 aromatic heterocycles. The number of nitrogens with two attached hydrogens (primary N) is 1. The number of carbonyl (C=O) groups is 1. The Balaban J connectivity index is 1.86. The standard InChI is InChI=1S/C17H26N2O3/c1-17(2,18)16(20)19-10-4-5-13(11-19)12-22-15-8-6-14(21-3)7-9-15/h6-9,13H,4-5,10-12,18H2,1-3H3/t13-/m1/s1. The lowest BCUT2D eigenvalue weighted by molar-refractivity contribution is -0.137. The Bertz CT molecular complexity index is 494. The van der Waals surface area contributed by atoms with Gasteiger partial charge in [-0.2, -0.15) is 0 Å². The van der Waals surface area contributed by atoms with Crippen molar-refractivity contribution in [2.45, 2.75) is 32.2 Å². The van der Waals surface area contributed by atoms with Gasteiger partial charge in [0.2, 0.25) is 5.91 Å². The minimum Gasteiger partial charge on any atom is -0.497 e. The molecule has 0 bridgehead atoms. The number of piperidine rings is 1. The van der Waals surface area contributed by atoms with Crippen molar-refractivity contribution in [2.75, 3.05) is 26.8 Å². The zero-order chi connectivity index (χ0) is 16.2. The van der Waals surface area contributed by atoms with Crippen LogP contribution >= 0.6 is 0 Å². The van der Waals surface area contributed by atoms with Crippen molar-refractivity contribution in [3.8, 4) is 11.5 Å². The van der Waals surface area contributed by atoms with Gasteiger partial charge in [-0.3, -0.25) is 4.79 Å². The molecule has 1 heterocycles. The molecule has 0 radical (unpaired) electrons. The smallest absolute Gasteiger partial charge is 0.242 e. The molecule has 1 aliphatic rings. The topological polar surface area (TPSA) is 64.8 Å². The first-order valence-corrected chi connectivity index (χ1v) is 7.75. The first-order valence-electron chi connectivity index (χ1n) is 7.75. The van der Waals surface area contributed by atoms with Gasteiger partial charge in [0.15, 0.2) is 0 Å². The van der Waals surface area contributed by atoms with E-state index in [1.165, 1.54) is 0 Å². The summed E-state index contributed by atoms with van der Waals surface area (Å²) in [7, 11) is 1.64. The predicted molar refractivity (Wildman–Crippen MR) is 86.1 cm³/mol. The molecule has 5 nitrogen and oxygen atoms in total. The molecule has 1 amide bonds. The molecule has 0 spiro atoms. The SMILES string of the molecule is COc1ccc(OC[C@@H]2CCCN(C(=O)C(C)(C)N)C2)cc1. The average Bonchev–Trinajstić information content (AvgIpc) is 2.52. The van der Waals surface area contributed by atoms with E-state index in [2.05, 4.69) is 0 Å². The number of hydrogen-bond acceptors (Lipinski definition) is 4. The Morgan fingerprint density at radius 1 is 1.32 bits per heavy atom. The van der Waals surface area contributed by atoms with E-state index in [1.807, 2.05) is 29.2 Å². The molecule has 5 heteroatoms. The highest BCUT2D eigenvalue weighted by Crippen LogP contribution is 2.22. The Morgan fingerprint density at radius 3 is 2.55 bits per heavy atom. The van der Waals surface area contributed by atoms with E-state index in [1.54, 1.807) is 21.0 Å². The van der Waals surface area contributed by atoms with Gasteiger partial charge in [-0.25, -0.2) is 0 Å². The minimum absolute atomic E-state index is 0.0154. The van der Waals surface area contributed by atoms with Crippen LogP contribution in [0.25, 0.3) is 0 Å². The summed E-state index contributed by atoms with van der Waals surface area (Å²) in [6.45, 7) is 5.63. The molecular formula is C17H26N2O3. The van der Waals surface area contributed by atoms with E-state index in [0.717, 1.165) is 37.4 Å². The van der Waals surface area contributed by atoms with E-state index >= 15 is 0 Å². The molecule has 22 heavy (non-hydrogen) atoms. The second kappa shape index (κ2) is 7.01. The maximum atomic E-state index is 12.3. The second-order valence-corrected chi connectivity index (χ2v) is 6.47. The number of carbonyl (C=O) groups excluding carboxylic acids is 1. The van der Waals surface area contributed by atoms with E-state index in [4.69, 9.17) is 15.2 Å². The molecule has 1 fully saturated rings. The van der Waals surface area contributed by atoms with Gasteiger partial charge in [0.1, 0.15) is 11.5 Å². The molecule has 2 N–H and O–H groups in total. The molecule has 1 aliphatic heterocycles. The molecule has 122 valence electrons. The molecule has 0 aliphatic carbocycles. The Kier molecular flexibility index (Phi) is 5.29.